The minimum Gasteiger partial charge on any atom is -0.258 e. The van der Waals surface area contributed by atoms with E-state index in [-0.39, 0.29) is 16.5 Å². The van der Waals surface area contributed by atoms with Crippen LogP contribution in [0.15, 0.2) is 23.1 Å². The Balaban J connectivity index is 3.37. The van der Waals surface area contributed by atoms with Crippen LogP contribution in [-0.2, 0) is 16.4 Å². The van der Waals surface area contributed by atoms with Crippen LogP contribution in [0.4, 0.5) is 5.69 Å². The fourth-order valence-electron chi connectivity index (χ4n) is 1.56. The van der Waals surface area contributed by atoms with Gasteiger partial charge in [-0.25, -0.2) is 13.6 Å². The van der Waals surface area contributed by atoms with Crippen LogP contribution in [0.3, 0.4) is 0 Å². The van der Waals surface area contributed by atoms with Crippen molar-refractivity contribution in [3.8, 4) is 0 Å². The molecule has 0 fully saturated rings. The van der Waals surface area contributed by atoms with E-state index in [0.29, 0.717) is 12.0 Å². The van der Waals surface area contributed by atoms with Gasteiger partial charge < -0.3 is 0 Å². The van der Waals surface area contributed by atoms with Gasteiger partial charge in [0.2, 0.25) is 10.0 Å². The van der Waals surface area contributed by atoms with Crippen LogP contribution in [0.1, 0.15) is 19.4 Å². The highest BCUT2D eigenvalue weighted by Gasteiger charge is 2.18. The topological polar surface area (TPSA) is 103 Å². The standard InChI is InChI=1S/C10H14N2O4S/c1-7(2)5-8-6-9(12(13)14)3-4-10(8)17(11,15)16/h3-4,6-7H,5H2,1-2H3,(H2,11,15,16). The van der Waals surface area contributed by atoms with Crippen molar-refractivity contribution in [2.75, 3.05) is 0 Å². The molecule has 1 rings (SSSR count). The van der Waals surface area contributed by atoms with Crippen LogP contribution in [0.25, 0.3) is 0 Å². The molecule has 0 aliphatic heterocycles. The molecule has 0 radical (unpaired) electrons. The summed E-state index contributed by atoms with van der Waals surface area (Å²) in [5.41, 5.74) is 0.254. The summed E-state index contributed by atoms with van der Waals surface area (Å²) in [5.74, 6) is 0.178. The third kappa shape index (κ3) is 3.50. The zero-order valence-corrected chi connectivity index (χ0v) is 10.4. The Hall–Kier alpha value is -1.47. The van der Waals surface area contributed by atoms with Gasteiger partial charge >= 0.3 is 0 Å². The Morgan fingerprint density at radius 1 is 1.41 bits per heavy atom. The fraction of sp³-hybridized carbons (Fsp3) is 0.400. The number of rotatable bonds is 4. The molecule has 0 saturated carbocycles. The molecule has 0 unspecified atom stereocenters. The Morgan fingerprint density at radius 2 is 2.00 bits per heavy atom. The Bertz CT molecular complexity index is 537. The predicted molar refractivity (Wildman–Crippen MR) is 63.0 cm³/mol. The Labute approximate surface area is 99.6 Å². The van der Waals surface area contributed by atoms with E-state index < -0.39 is 14.9 Å². The van der Waals surface area contributed by atoms with Gasteiger partial charge in [-0.15, -0.1) is 0 Å². The molecule has 0 bridgehead atoms. The minimum absolute atomic E-state index is 0.0446. The van der Waals surface area contributed by atoms with Crippen LogP contribution in [0, 0.1) is 16.0 Å². The molecule has 7 heteroatoms. The molecule has 0 atom stereocenters. The van der Waals surface area contributed by atoms with Crippen molar-refractivity contribution < 1.29 is 13.3 Å². The van der Waals surface area contributed by atoms with E-state index in [1.165, 1.54) is 12.1 Å². The summed E-state index contributed by atoms with van der Waals surface area (Å²) in [4.78, 5) is 10.0. The molecule has 0 aromatic heterocycles. The third-order valence-corrected chi connectivity index (χ3v) is 3.20. The van der Waals surface area contributed by atoms with Gasteiger partial charge in [0.15, 0.2) is 0 Å². The Kier molecular flexibility index (Phi) is 3.84. The lowest BCUT2D eigenvalue weighted by atomic mass is 10.0. The quantitative estimate of drug-likeness (QED) is 0.651. The lowest BCUT2D eigenvalue weighted by Gasteiger charge is -2.09. The first-order valence-corrected chi connectivity index (χ1v) is 6.56. The van der Waals surface area contributed by atoms with Crippen molar-refractivity contribution in [1.29, 1.82) is 0 Å². The number of nitro benzene ring substituents is 1. The van der Waals surface area contributed by atoms with E-state index in [9.17, 15) is 18.5 Å². The fourth-order valence-corrected chi connectivity index (χ4v) is 2.32. The summed E-state index contributed by atoms with van der Waals surface area (Å²) in [5, 5.41) is 15.7. The summed E-state index contributed by atoms with van der Waals surface area (Å²) in [6.45, 7) is 3.79. The number of sulfonamides is 1. The number of nitro groups is 1. The van der Waals surface area contributed by atoms with Gasteiger partial charge in [-0.05, 0) is 24.0 Å². The number of hydrogen-bond acceptors (Lipinski definition) is 4. The van der Waals surface area contributed by atoms with E-state index >= 15 is 0 Å². The summed E-state index contributed by atoms with van der Waals surface area (Å²) < 4.78 is 22.6. The first kappa shape index (κ1) is 13.6. The van der Waals surface area contributed by atoms with E-state index in [4.69, 9.17) is 5.14 Å². The molecular formula is C10H14N2O4S. The molecule has 94 valence electrons. The van der Waals surface area contributed by atoms with Gasteiger partial charge in [0.05, 0.1) is 9.82 Å². The number of hydrogen-bond donors (Lipinski definition) is 1. The number of primary sulfonamides is 1. The average Bonchev–Trinajstić information content (AvgIpc) is 2.14. The molecule has 0 saturated heterocycles. The van der Waals surface area contributed by atoms with Crippen LogP contribution < -0.4 is 5.14 Å². The highest BCUT2D eigenvalue weighted by atomic mass is 32.2. The molecule has 0 aliphatic carbocycles. The van der Waals surface area contributed by atoms with Crippen LogP contribution in [0.2, 0.25) is 0 Å². The normalized spacial score (nSPS) is 11.8. The minimum atomic E-state index is -3.84. The van der Waals surface area contributed by atoms with Gasteiger partial charge in [-0.1, -0.05) is 13.8 Å². The summed E-state index contributed by atoms with van der Waals surface area (Å²) in [6, 6.07) is 3.59. The largest absolute Gasteiger partial charge is 0.269 e. The van der Waals surface area contributed by atoms with Crippen LogP contribution >= 0.6 is 0 Å². The zero-order valence-electron chi connectivity index (χ0n) is 9.58. The summed E-state index contributed by atoms with van der Waals surface area (Å²) >= 11 is 0. The lowest BCUT2D eigenvalue weighted by molar-refractivity contribution is -0.385. The van der Waals surface area contributed by atoms with Crippen LogP contribution in [0.5, 0.6) is 0 Å². The van der Waals surface area contributed by atoms with Crippen molar-refractivity contribution >= 4 is 15.7 Å². The molecule has 1 aromatic carbocycles. The molecule has 17 heavy (non-hydrogen) atoms. The number of nitrogens with zero attached hydrogens (tertiary/aromatic N) is 1. The highest BCUT2D eigenvalue weighted by molar-refractivity contribution is 7.89. The second-order valence-corrected chi connectivity index (χ2v) is 5.72. The van der Waals surface area contributed by atoms with Gasteiger partial charge in [-0.2, -0.15) is 0 Å². The average molecular weight is 258 g/mol. The summed E-state index contributed by atoms with van der Waals surface area (Å²) in [6.07, 6.45) is 0.424. The van der Waals surface area contributed by atoms with Crippen molar-refractivity contribution in [3.05, 3.63) is 33.9 Å². The maximum Gasteiger partial charge on any atom is 0.269 e. The van der Waals surface area contributed by atoms with Gasteiger partial charge in [0, 0.05) is 12.1 Å². The number of benzene rings is 1. The zero-order chi connectivity index (χ0) is 13.2. The molecule has 0 spiro atoms. The molecule has 0 heterocycles. The molecule has 6 nitrogen and oxygen atoms in total. The second kappa shape index (κ2) is 4.80. The predicted octanol–water partition coefficient (Wildman–Crippen LogP) is 1.44. The van der Waals surface area contributed by atoms with Gasteiger partial charge in [0.1, 0.15) is 0 Å². The monoisotopic (exact) mass is 258 g/mol. The van der Waals surface area contributed by atoms with Crippen molar-refractivity contribution in [2.45, 2.75) is 25.2 Å². The maximum absolute atomic E-state index is 11.3. The smallest absolute Gasteiger partial charge is 0.258 e. The number of nitrogens with two attached hydrogens (primary N) is 1. The maximum atomic E-state index is 11.3. The first-order chi connectivity index (χ1) is 7.71. The number of non-ortho nitro benzene ring substituents is 1. The van der Waals surface area contributed by atoms with Crippen molar-refractivity contribution in [1.82, 2.24) is 0 Å². The van der Waals surface area contributed by atoms with Crippen molar-refractivity contribution in [3.63, 3.8) is 0 Å². The van der Waals surface area contributed by atoms with Gasteiger partial charge in [-0.3, -0.25) is 10.1 Å². The molecule has 1 aromatic rings. The molecular weight excluding hydrogens is 244 g/mol. The summed E-state index contributed by atoms with van der Waals surface area (Å²) in [7, 11) is -3.84. The van der Waals surface area contributed by atoms with Crippen molar-refractivity contribution in [2.24, 2.45) is 11.1 Å². The van der Waals surface area contributed by atoms with E-state index in [0.717, 1.165) is 6.07 Å². The molecule has 2 N–H and O–H groups in total. The SMILES string of the molecule is CC(C)Cc1cc([N+](=O)[O-])ccc1S(N)(=O)=O. The Morgan fingerprint density at radius 3 is 2.41 bits per heavy atom. The third-order valence-electron chi connectivity index (χ3n) is 2.19. The van der Waals surface area contributed by atoms with E-state index in [2.05, 4.69) is 0 Å². The van der Waals surface area contributed by atoms with Gasteiger partial charge in [0.25, 0.3) is 5.69 Å². The van der Waals surface area contributed by atoms with Crippen LogP contribution in [-0.4, -0.2) is 13.3 Å². The van der Waals surface area contributed by atoms with E-state index in [1.807, 2.05) is 13.8 Å². The second-order valence-electron chi connectivity index (χ2n) is 4.19. The van der Waals surface area contributed by atoms with E-state index in [1.54, 1.807) is 0 Å². The first-order valence-electron chi connectivity index (χ1n) is 5.02. The highest BCUT2D eigenvalue weighted by Crippen LogP contribution is 2.23. The molecule has 0 aliphatic rings. The lowest BCUT2D eigenvalue weighted by Crippen LogP contribution is -2.15. The molecule has 0 amide bonds.